The second-order valence-corrected chi connectivity index (χ2v) is 8.55. The number of nitrogens with one attached hydrogen (secondary N) is 1. The molecule has 0 saturated heterocycles. The van der Waals surface area contributed by atoms with E-state index in [1.165, 1.54) is 29.0 Å². The molecule has 1 aromatic carbocycles. The standard InChI is InChI=1S/C23H20ClF3N4O5/c24-13-11-18(22(35)30(12-13)10-2-5-19(32)33)28-20-16-3-1-4-17(16)21(34)31(29-20)14-6-8-15(9-7-14)36-23(25,26)27/h6-9,11-12H,1-5,10H2,(H,28,29)(H,32,33). The Bertz CT molecular complexity index is 1420. The molecule has 2 N–H and O–H groups in total. The summed E-state index contributed by atoms with van der Waals surface area (Å²) in [5.41, 5.74) is 0.569. The van der Waals surface area contributed by atoms with Crippen LogP contribution in [0.15, 0.2) is 46.1 Å². The summed E-state index contributed by atoms with van der Waals surface area (Å²) < 4.78 is 43.6. The maximum absolute atomic E-state index is 13.1. The van der Waals surface area contributed by atoms with Gasteiger partial charge in [-0.05, 0) is 56.0 Å². The molecule has 1 aliphatic rings. The summed E-state index contributed by atoms with van der Waals surface area (Å²) >= 11 is 6.18. The van der Waals surface area contributed by atoms with Crippen LogP contribution >= 0.6 is 11.6 Å². The average Bonchev–Trinajstić information content (AvgIpc) is 3.29. The zero-order chi connectivity index (χ0) is 26.0. The summed E-state index contributed by atoms with van der Waals surface area (Å²) in [6.45, 7) is 0.137. The van der Waals surface area contributed by atoms with Gasteiger partial charge < -0.3 is 19.7 Å². The molecule has 0 atom stereocenters. The summed E-state index contributed by atoms with van der Waals surface area (Å²) in [5.74, 6) is -1.18. The van der Waals surface area contributed by atoms with Crippen molar-refractivity contribution in [1.29, 1.82) is 0 Å². The third kappa shape index (κ3) is 5.70. The van der Waals surface area contributed by atoms with Crippen LogP contribution in [0.2, 0.25) is 5.02 Å². The lowest BCUT2D eigenvalue weighted by Crippen LogP contribution is -2.28. The smallest absolute Gasteiger partial charge is 0.481 e. The first kappa shape index (κ1) is 25.3. The Kier molecular flexibility index (Phi) is 7.07. The lowest BCUT2D eigenvalue weighted by molar-refractivity contribution is -0.274. The molecule has 13 heteroatoms. The molecule has 0 bridgehead atoms. The number of hydrogen-bond acceptors (Lipinski definition) is 6. The molecule has 0 radical (unpaired) electrons. The summed E-state index contributed by atoms with van der Waals surface area (Å²) in [5, 5.41) is 16.4. The molecule has 0 spiro atoms. The molecule has 3 aromatic rings. The van der Waals surface area contributed by atoms with Crippen molar-refractivity contribution >= 4 is 29.1 Å². The van der Waals surface area contributed by atoms with Crippen LogP contribution in [0.3, 0.4) is 0 Å². The first-order valence-corrected chi connectivity index (χ1v) is 11.3. The van der Waals surface area contributed by atoms with Gasteiger partial charge in [0.2, 0.25) is 0 Å². The Morgan fingerprint density at radius 1 is 1.14 bits per heavy atom. The summed E-state index contributed by atoms with van der Waals surface area (Å²) in [4.78, 5) is 36.8. The van der Waals surface area contributed by atoms with Crippen molar-refractivity contribution in [2.24, 2.45) is 0 Å². The molecule has 0 saturated carbocycles. The minimum absolute atomic E-state index is 0.0820. The van der Waals surface area contributed by atoms with Gasteiger partial charge in [-0.3, -0.25) is 14.4 Å². The van der Waals surface area contributed by atoms with Gasteiger partial charge in [0.25, 0.3) is 11.1 Å². The van der Waals surface area contributed by atoms with E-state index in [0.29, 0.717) is 30.4 Å². The Balaban J connectivity index is 1.70. The number of ether oxygens (including phenoxy) is 1. The molecule has 0 unspecified atom stereocenters. The van der Waals surface area contributed by atoms with Crippen LogP contribution in [0.1, 0.15) is 30.4 Å². The van der Waals surface area contributed by atoms with Crippen molar-refractivity contribution in [2.75, 3.05) is 5.32 Å². The Morgan fingerprint density at radius 3 is 2.50 bits per heavy atom. The fourth-order valence-electron chi connectivity index (χ4n) is 4.02. The topological polar surface area (TPSA) is 115 Å². The van der Waals surface area contributed by atoms with Crippen LogP contribution in [0, 0.1) is 0 Å². The van der Waals surface area contributed by atoms with Crippen molar-refractivity contribution in [2.45, 2.75) is 45.0 Å². The van der Waals surface area contributed by atoms with Gasteiger partial charge in [0.05, 0.1) is 10.7 Å². The SMILES string of the molecule is O=C(O)CCCn1cc(Cl)cc(Nc2nn(-c3ccc(OC(F)(F)F)cc3)c(=O)c3c2CCC3)c1=O. The third-order valence-electron chi connectivity index (χ3n) is 5.56. The van der Waals surface area contributed by atoms with Crippen LogP contribution in [0.5, 0.6) is 5.75 Å². The summed E-state index contributed by atoms with van der Waals surface area (Å²) in [6, 6.07) is 6.10. The second-order valence-electron chi connectivity index (χ2n) is 8.11. The molecule has 0 aliphatic heterocycles. The molecular formula is C23H20ClF3N4O5. The van der Waals surface area contributed by atoms with Gasteiger partial charge in [0.1, 0.15) is 11.4 Å². The first-order chi connectivity index (χ1) is 17.0. The van der Waals surface area contributed by atoms with Crippen LogP contribution < -0.4 is 21.2 Å². The van der Waals surface area contributed by atoms with E-state index in [1.807, 2.05) is 0 Å². The number of carbonyl (C=O) groups is 1. The number of aromatic nitrogens is 3. The maximum Gasteiger partial charge on any atom is 0.573 e. The molecule has 190 valence electrons. The van der Waals surface area contributed by atoms with Crippen molar-refractivity contribution < 1.29 is 27.8 Å². The second kappa shape index (κ2) is 10.1. The summed E-state index contributed by atoms with van der Waals surface area (Å²) in [7, 11) is 0. The van der Waals surface area contributed by atoms with Crippen LogP contribution in [0.4, 0.5) is 24.7 Å². The van der Waals surface area contributed by atoms with E-state index >= 15 is 0 Å². The number of nitrogens with zero attached hydrogens (tertiary/aromatic N) is 3. The predicted octanol–water partition coefficient (Wildman–Crippen LogP) is 4.04. The lowest BCUT2D eigenvalue weighted by atomic mass is 10.2. The van der Waals surface area contributed by atoms with E-state index in [4.69, 9.17) is 16.7 Å². The van der Waals surface area contributed by atoms with E-state index in [2.05, 4.69) is 15.2 Å². The van der Waals surface area contributed by atoms with Crippen molar-refractivity contribution in [3.8, 4) is 11.4 Å². The number of carboxylic acids is 1. The Morgan fingerprint density at radius 2 is 1.83 bits per heavy atom. The van der Waals surface area contributed by atoms with Gasteiger partial charge in [0.15, 0.2) is 5.82 Å². The van der Waals surface area contributed by atoms with Gasteiger partial charge in [-0.1, -0.05) is 11.6 Å². The minimum Gasteiger partial charge on any atom is -0.481 e. The molecule has 2 heterocycles. The van der Waals surface area contributed by atoms with Crippen molar-refractivity contribution in [1.82, 2.24) is 14.3 Å². The fraction of sp³-hybridized carbons (Fsp3) is 0.304. The third-order valence-corrected chi connectivity index (χ3v) is 5.77. The van der Waals surface area contributed by atoms with Crippen LogP contribution in [0.25, 0.3) is 5.69 Å². The molecule has 36 heavy (non-hydrogen) atoms. The van der Waals surface area contributed by atoms with Gasteiger partial charge in [-0.15, -0.1) is 18.3 Å². The van der Waals surface area contributed by atoms with Crippen molar-refractivity contribution in [3.05, 3.63) is 73.4 Å². The molecule has 9 nitrogen and oxygen atoms in total. The highest BCUT2D eigenvalue weighted by molar-refractivity contribution is 6.30. The number of hydrogen-bond donors (Lipinski definition) is 2. The van der Waals surface area contributed by atoms with E-state index in [1.54, 1.807) is 0 Å². The van der Waals surface area contributed by atoms with Crippen molar-refractivity contribution in [3.63, 3.8) is 0 Å². The number of fused-ring (bicyclic) bond motifs is 1. The Hall–Kier alpha value is -3.80. The highest BCUT2D eigenvalue weighted by Crippen LogP contribution is 2.28. The van der Waals surface area contributed by atoms with Gasteiger partial charge >= 0.3 is 12.3 Å². The molecule has 0 fully saturated rings. The number of rotatable bonds is 8. The number of aryl methyl sites for hydroxylation is 1. The van der Waals surface area contributed by atoms with Crippen LogP contribution in [-0.4, -0.2) is 31.8 Å². The molecule has 1 aliphatic carbocycles. The van der Waals surface area contributed by atoms with Gasteiger partial charge in [0, 0.05) is 30.3 Å². The molecule has 4 rings (SSSR count). The molecular weight excluding hydrogens is 505 g/mol. The zero-order valence-electron chi connectivity index (χ0n) is 18.6. The number of pyridine rings is 1. The highest BCUT2D eigenvalue weighted by atomic mass is 35.5. The number of anilines is 2. The van der Waals surface area contributed by atoms with Gasteiger partial charge in [-0.25, -0.2) is 0 Å². The highest BCUT2D eigenvalue weighted by Gasteiger charge is 2.31. The minimum atomic E-state index is -4.85. The van der Waals surface area contributed by atoms with E-state index in [0.717, 1.165) is 16.8 Å². The van der Waals surface area contributed by atoms with Crippen LogP contribution in [-0.2, 0) is 24.2 Å². The average molecular weight is 525 g/mol. The number of benzene rings is 1. The predicted molar refractivity (Wildman–Crippen MR) is 124 cm³/mol. The maximum atomic E-state index is 13.1. The Labute approximate surface area is 206 Å². The lowest BCUT2D eigenvalue weighted by Gasteiger charge is -2.15. The molecule has 2 aromatic heterocycles. The number of aliphatic carboxylic acids is 1. The molecule has 0 amide bonds. The summed E-state index contributed by atoms with van der Waals surface area (Å²) in [6.07, 6.45) is -1.62. The zero-order valence-corrected chi connectivity index (χ0v) is 19.4. The number of alkyl halides is 3. The fourth-order valence-corrected chi connectivity index (χ4v) is 4.25. The van der Waals surface area contributed by atoms with E-state index < -0.39 is 29.2 Å². The van der Waals surface area contributed by atoms with Gasteiger partial charge in [-0.2, -0.15) is 4.68 Å². The largest absolute Gasteiger partial charge is 0.573 e. The number of halogens is 4. The quantitative estimate of drug-likeness (QED) is 0.457. The first-order valence-electron chi connectivity index (χ1n) is 10.9. The normalized spacial score (nSPS) is 12.9. The monoisotopic (exact) mass is 524 g/mol. The number of carboxylic acid groups (broad SMARTS) is 1. The van der Waals surface area contributed by atoms with E-state index in [-0.39, 0.29) is 41.6 Å². The van der Waals surface area contributed by atoms with E-state index in [9.17, 15) is 27.6 Å².